The molecule has 3 heteroatoms. The van der Waals surface area contributed by atoms with E-state index >= 15 is 0 Å². The molecule has 0 aromatic heterocycles. The maximum absolute atomic E-state index is 2.37. The smallest absolute Gasteiger partial charge is 0.285 e. The van der Waals surface area contributed by atoms with Crippen LogP contribution in [0.3, 0.4) is 0 Å². The maximum atomic E-state index is 2.37. The van der Waals surface area contributed by atoms with E-state index in [-0.39, 0.29) is 18.6 Å². The van der Waals surface area contributed by atoms with Gasteiger partial charge in [0.05, 0.1) is 5.92 Å². The molecule has 18 heavy (non-hydrogen) atoms. The molecule has 0 N–H and O–H groups in total. The van der Waals surface area contributed by atoms with E-state index in [1.165, 1.54) is 39.2 Å². The van der Waals surface area contributed by atoms with Crippen LogP contribution < -0.4 is 0 Å². The molecule has 0 saturated carbocycles. The monoisotopic (exact) mass is 278 g/mol. The molecule has 0 bridgehead atoms. The van der Waals surface area contributed by atoms with Gasteiger partial charge in [0.2, 0.25) is 0 Å². The van der Waals surface area contributed by atoms with E-state index in [1.54, 1.807) is 0 Å². The van der Waals surface area contributed by atoms with Crippen LogP contribution in [0.4, 0.5) is 5.69 Å². The summed E-state index contributed by atoms with van der Waals surface area (Å²) in [7, 11) is 2.19. The maximum Gasteiger partial charge on any atom is 0.536 e. The van der Waals surface area contributed by atoms with Crippen molar-refractivity contribution in [3.05, 3.63) is 27.8 Å². The summed E-state index contributed by atoms with van der Waals surface area (Å²) >= 11 is 0. The Kier molecular flexibility index (Phi) is 4.56. The molecule has 1 atom stereocenters. The first-order chi connectivity index (χ1) is 7.91. The zero-order valence-corrected chi connectivity index (χ0v) is 13.9. The molecule has 1 unspecified atom stereocenters. The van der Waals surface area contributed by atoms with Gasteiger partial charge in [-0.3, -0.25) is 4.49 Å². The normalized spacial score (nSPS) is 17.6. The van der Waals surface area contributed by atoms with Gasteiger partial charge >= 0.3 is 7.41 Å². The Hall–Kier alpha value is -0.461. The standard InChI is InChI=1S/C15H22BN.V/c1-8-9(2)11(4)15-14(10(8)3)12(5)13(6)17(15)16-7;/h12H,1-7H3;/q+1;. The Morgan fingerprint density at radius 3 is 1.89 bits per heavy atom. The largest absolute Gasteiger partial charge is 0.536 e. The summed E-state index contributed by atoms with van der Waals surface area (Å²) in [4.78, 5) is 0. The van der Waals surface area contributed by atoms with E-state index in [1.807, 2.05) is 0 Å². The molecule has 0 saturated heterocycles. The fourth-order valence-corrected chi connectivity index (χ4v) is 3.09. The van der Waals surface area contributed by atoms with Crippen molar-refractivity contribution < 1.29 is 23.0 Å². The summed E-state index contributed by atoms with van der Waals surface area (Å²) < 4.78 is 2.37. The minimum absolute atomic E-state index is 0. The minimum atomic E-state index is 0. The molecule has 94 valence electrons. The molecule has 0 amide bonds. The Morgan fingerprint density at radius 1 is 0.889 bits per heavy atom. The number of fused-ring (bicyclic) bond motifs is 1. The van der Waals surface area contributed by atoms with Crippen molar-refractivity contribution in [1.82, 2.24) is 0 Å². The van der Waals surface area contributed by atoms with Crippen LogP contribution >= 0.6 is 0 Å². The fraction of sp³-hybridized carbons (Fsp3) is 0.533. The van der Waals surface area contributed by atoms with Gasteiger partial charge in [0.1, 0.15) is 5.71 Å². The Balaban J connectivity index is 0.00000162. The molecular weight excluding hydrogens is 256 g/mol. The zero-order valence-electron chi connectivity index (χ0n) is 12.5. The molecule has 2 radical (unpaired) electrons. The zero-order chi connectivity index (χ0) is 12.9. The third-order valence-corrected chi connectivity index (χ3v) is 4.64. The average molecular weight is 278 g/mol. The second kappa shape index (κ2) is 5.27. The van der Waals surface area contributed by atoms with E-state index in [2.05, 4.69) is 60.3 Å². The number of nitrogens with zero attached hydrogens (tertiary/aromatic N) is 1. The minimum Gasteiger partial charge on any atom is -0.285 e. The van der Waals surface area contributed by atoms with Crippen LogP contribution in [0, 0.1) is 27.7 Å². The molecular formula is C15H22BNV+. The summed E-state index contributed by atoms with van der Waals surface area (Å²) in [5, 5.41) is 0. The van der Waals surface area contributed by atoms with Crippen molar-refractivity contribution in [2.24, 2.45) is 0 Å². The van der Waals surface area contributed by atoms with Crippen molar-refractivity contribution in [2.45, 2.75) is 54.3 Å². The predicted octanol–water partition coefficient (Wildman–Crippen LogP) is 3.81. The van der Waals surface area contributed by atoms with Gasteiger partial charge in [-0.25, -0.2) is 0 Å². The summed E-state index contributed by atoms with van der Waals surface area (Å²) in [6, 6.07) is 0. The Morgan fingerprint density at radius 2 is 1.39 bits per heavy atom. The first-order valence-electron chi connectivity index (χ1n) is 6.44. The van der Waals surface area contributed by atoms with Gasteiger partial charge in [-0.2, -0.15) is 0 Å². The van der Waals surface area contributed by atoms with Gasteiger partial charge in [0, 0.05) is 36.6 Å². The fourth-order valence-electron chi connectivity index (χ4n) is 3.09. The Bertz CT molecular complexity index is 532. The second-order valence-corrected chi connectivity index (χ2v) is 5.25. The van der Waals surface area contributed by atoms with E-state index in [4.69, 9.17) is 0 Å². The van der Waals surface area contributed by atoms with Gasteiger partial charge in [-0.15, -0.1) is 0 Å². The van der Waals surface area contributed by atoms with Gasteiger partial charge in [-0.1, -0.05) is 0 Å². The van der Waals surface area contributed by atoms with Crippen LogP contribution in [-0.4, -0.2) is 17.6 Å². The SMILES string of the molecule is C[B][N+]1=C(C)C(C)c2c(C)c(C)c(C)c(C)c21.[V]. The number of hydrogen-bond acceptors (Lipinski definition) is 0. The number of rotatable bonds is 1. The predicted molar refractivity (Wildman–Crippen MR) is 76.0 cm³/mol. The van der Waals surface area contributed by atoms with Crippen molar-refractivity contribution >= 4 is 18.8 Å². The number of hydrogen-bond donors (Lipinski definition) is 0. The Labute approximate surface area is 124 Å². The van der Waals surface area contributed by atoms with Gasteiger partial charge in [0.25, 0.3) is 0 Å². The van der Waals surface area contributed by atoms with Gasteiger partial charge < -0.3 is 0 Å². The molecule has 0 aliphatic carbocycles. The van der Waals surface area contributed by atoms with Gasteiger partial charge in [-0.05, 0) is 58.1 Å². The summed E-state index contributed by atoms with van der Waals surface area (Å²) in [5.74, 6) is 0.541. The summed E-state index contributed by atoms with van der Waals surface area (Å²) in [6.07, 6.45) is 0. The van der Waals surface area contributed by atoms with Crippen molar-refractivity contribution in [3.8, 4) is 0 Å². The second-order valence-electron chi connectivity index (χ2n) is 5.25. The van der Waals surface area contributed by atoms with Crippen LogP contribution in [-0.2, 0) is 18.6 Å². The van der Waals surface area contributed by atoms with Gasteiger partial charge in [0.15, 0.2) is 5.69 Å². The molecule has 0 fully saturated rings. The third kappa shape index (κ3) is 1.90. The molecule has 1 aromatic rings. The van der Waals surface area contributed by atoms with E-state index in [9.17, 15) is 0 Å². The molecule has 1 heterocycles. The summed E-state index contributed by atoms with van der Waals surface area (Å²) in [6.45, 7) is 15.7. The molecule has 0 spiro atoms. The topological polar surface area (TPSA) is 3.01 Å². The molecule has 1 aliphatic rings. The van der Waals surface area contributed by atoms with Crippen LogP contribution in [0.5, 0.6) is 0 Å². The average Bonchev–Trinajstić information content (AvgIpc) is 2.57. The van der Waals surface area contributed by atoms with Crippen molar-refractivity contribution in [2.75, 3.05) is 0 Å². The van der Waals surface area contributed by atoms with Crippen LogP contribution in [0.15, 0.2) is 0 Å². The number of benzene rings is 1. The quantitative estimate of drug-likeness (QED) is 0.687. The molecule has 2 rings (SSSR count). The summed E-state index contributed by atoms with van der Waals surface area (Å²) in [5.41, 5.74) is 10.2. The van der Waals surface area contributed by atoms with E-state index in [0.717, 1.165) is 0 Å². The molecule has 1 nitrogen and oxygen atoms in total. The van der Waals surface area contributed by atoms with Crippen molar-refractivity contribution in [1.29, 1.82) is 0 Å². The molecule has 1 aliphatic heterocycles. The van der Waals surface area contributed by atoms with Crippen LogP contribution in [0.25, 0.3) is 0 Å². The van der Waals surface area contributed by atoms with E-state index in [0.29, 0.717) is 5.92 Å². The van der Waals surface area contributed by atoms with Crippen LogP contribution in [0.2, 0.25) is 6.82 Å². The van der Waals surface area contributed by atoms with Crippen LogP contribution in [0.1, 0.15) is 47.6 Å². The molecule has 1 aromatic carbocycles. The van der Waals surface area contributed by atoms with E-state index < -0.39 is 0 Å². The third-order valence-electron chi connectivity index (χ3n) is 4.64. The first-order valence-corrected chi connectivity index (χ1v) is 6.44. The van der Waals surface area contributed by atoms with Crippen molar-refractivity contribution in [3.63, 3.8) is 0 Å². The first kappa shape index (κ1) is 15.6.